The minimum Gasteiger partial charge on any atom is -0.316 e. The molecule has 0 aliphatic heterocycles. The lowest BCUT2D eigenvalue weighted by Gasteiger charge is -2.34. The highest BCUT2D eigenvalue weighted by Gasteiger charge is 2.43. The molecule has 1 fully saturated rings. The van der Waals surface area contributed by atoms with Crippen molar-refractivity contribution in [2.75, 3.05) is 7.05 Å². The van der Waals surface area contributed by atoms with Gasteiger partial charge in [-0.15, -0.1) is 10.2 Å². The maximum absolute atomic E-state index is 12.9. The fourth-order valence-electron chi connectivity index (χ4n) is 3.00. The Morgan fingerprint density at radius 3 is 2.70 bits per heavy atom. The highest BCUT2D eigenvalue weighted by Crippen LogP contribution is 2.41. The van der Waals surface area contributed by atoms with Gasteiger partial charge >= 0.3 is 6.18 Å². The number of rotatable bonds is 4. The third kappa shape index (κ3) is 3.68. The van der Waals surface area contributed by atoms with Crippen LogP contribution in [0.3, 0.4) is 0 Å². The second kappa shape index (κ2) is 6.07. The maximum Gasteiger partial charge on any atom is 0.391 e. The molecular formula is C12H20F3N5. The van der Waals surface area contributed by atoms with Crippen molar-refractivity contribution in [3.8, 4) is 0 Å². The summed E-state index contributed by atoms with van der Waals surface area (Å²) in [7, 11) is 3.45. The fraction of sp³-hybridized carbons (Fsp3) is 0.917. The highest BCUT2D eigenvalue weighted by molar-refractivity contribution is 4.91. The molecule has 1 saturated carbocycles. The molecule has 1 aromatic rings. The second-order valence-electron chi connectivity index (χ2n) is 5.46. The largest absolute Gasteiger partial charge is 0.391 e. The van der Waals surface area contributed by atoms with E-state index >= 15 is 0 Å². The number of hydrogen-bond donors (Lipinski definition) is 1. The summed E-state index contributed by atoms with van der Waals surface area (Å²) in [5, 5.41) is 14.9. The van der Waals surface area contributed by atoms with Crippen molar-refractivity contribution in [2.45, 2.75) is 44.3 Å². The van der Waals surface area contributed by atoms with E-state index in [0.29, 0.717) is 18.7 Å². The zero-order chi connectivity index (χ0) is 14.8. The molecule has 1 N–H and O–H groups in total. The van der Waals surface area contributed by atoms with Crippen LogP contribution in [0.1, 0.15) is 31.5 Å². The molecule has 3 atom stereocenters. The molecule has 0 amide bonds. The minimum atomic E-state index is -4.08. The first-order valence-corrected chi connectivity index (χ1v) is 6.87. The SMILES string of the molecule is CNC(Cc1nnn(C)n1)C1CCCC(C(F)(F)F)C1. The van der Waals surface area contributed by atoms with Crippen molar-refractivity contribution in [2.24, 2.45) is 18.9 Å². The Kier molecular flexibility index (Phi) is 4.62. The average Bonchev–Trinajstić information content (AvgIpc) is 2.81. The highest BCUT2D eigenvalue weighted by atomic mass is 19.4. The summed E-state index contributed by atoms with van der Waals surface area (Å²) >= 11 is 0. The molecule has 0 radical (unpaired) electrons. The van der Waals surface area contributed by atoms with Crippen molar-refractivity contribution in [3.05, 3.63) is 5.82 Å². The lowest BCUT2D eigenvalue weighted by atomic mass is 9.76. The molecule has 114 valence electrons. The Labute approximate surface area is 115 Å². The molecule has 0 spiro atoms. The molecule has 1 aromatic heterocycles. The van der Waals surface area contributed by atoms with E-state index in [9.17, 15) is 13.2 Å². The second-order valence-corrected chi connectivity index (χ2v) is 5.46. The summed E-state index contributed by atoms with van der Waals surface area (Å²) in [6.45, 7) is 0. The third-order valence-electron chi connectivity index (χ3n) is 4.07. The predicted molar refractivity (Wildman–Crippen MR) is 66.9 cm³/mol. The molecule has 5 nitrogen and oxygen atoms in total. The zero-order valence-electron chi connectivity index (χ0n) is 11.7. The monoisotopic (exact) mass is 291 g/mol. The Morgan fingerprint density at radius 2 is 2.15 bits per heavy atom. The van der Waals surface area contributed by atoms with Crippen LogP contribution in [0.2, 0.25) is 0 Å². The normalized spacial score (nSPS) is 25.6. The van der Waals surface area contributed by atoms with Crippen LogP contribution in [0.15, 0.2) is 0 Å². The summed E-state index contributed by atoms with van der Waals surface area (Å²) < 4.78 is 38.6. The number of nitrogens with one attached hydrogen (secondary N) is 1. The van der Waals surface area contributed by atoms with Crippen LogP contribution in [0.5, 0.6) is 0 Å². The number of halogens is 3. The van der Waals surface area contributed by atoms with E-state index in [1.54, 1.807) is 14.1 Å². The van der Waals surface area contributed by atoms with Gasteiger partial charge in [0.15, 0.2) is 5.82 Å². The van der Waals surface area contributed by atoms with Crippen LogP contribution in [-0.2, 0) is 13.5 Å². The lowest BCUT2D eigenvalue weighted by Crippen LogP contribution is -2.41. The van der Waals surface area contributed by atoms with Crippen molar-refractivity contribution >= 4 is 0 Å². The average molecular weight is 291 g/mol. The molecule has 20 heavy (non-hydrogen) atoms. The van der Waals surface area contributed by atoms with E-state index in [1.165, 1.54) is 4.80 Å². The smallest absolute Gasteiger partial charge is 0.316 e. The van der Waals surface area contributed by atoms with E-state index in [1.807, 2.05) is 0 Å². The van der Waals surface area contributed by atoms with Crippen molar-refractivity contribution < 1.29 is 13.2 Å². The summed E-state index contributed by atoms with van der Waals surface area (Å²) in [5.74, 6) is -0.600. The number of tetrazole rings is 1. The summed E-state index contributed by atoms with van der Waals surface area (Å²) in [5.41, 5.74) is 0. The van der Waals surface area contributed by atoms with E-state index in [2.05, 4.69) is 20.7 Å². The van der Waals surface area contributed by atoms with Crippen LogP contribution >= 0.6 is 0 Å². The summed E-state index contributed by atoms with van der Waals surface area (Å²) in [4.78, 5) is 1.36. The van der Waals surface area contributed by atoms with Crippen LogP contribution in [0, 0.1) is 11.8 Å². The number of nitrogens with zero attached hydrogens (tertiary/aromatic N) is 4. The van der Waals surface area contributed by atoms with Gasteiger partial charge in [-0.2, -0.15) is 18.0 Å². The van der Waals surface area contributed by atoms with Gasteiger partial charge in [-0.1, -0.05) is 6.42 Å². The van der Waals surface area contributed by atoms with Gasteiger partial charge < -0.3 is 5.32 Å². The van der Waals surface area contributed by atoms with Crippen molar-refractivity contribution in [3.63, 3.8) is 0 Å². The Bertz CT molecular complexity index is 431. The van der Waals surface area contributed by atoms with Gasteiger partial charge in [-0.05, 0) is 37.4 Å². The van der Waals surface area contributed by atoms with E-state index in [4.69, 9.17) is 0 Å². The first-order chi connectivity index (χ1) is 9.40. The Morgan fingerprint density at radius 1 is 1.40 bits per heavy atom. The van der Waals surface area contributed by atoms with Crippen LogP contribution in [0.25, 0.3) is 0 Å². The van der Waals surface area contributed by atoms with Gasteiger partial charge in [0.2, 0.25) is 0 Å². The zero-order valence-corrected chi connectivity index (χ0v) is 11.7. The Balaban J connectivity index is 2.00. The lowest BCUT2D eigenvalue weighted by molar-refractivity contribution is -0.186. The van der Waals surface area contributed by atoms with Gasteiger partial charge in [0.05, 0.1) is 13.0 Å². The molecular weight excluding hydrogens is 271 g/mol. The molecule has 3 unspecified atom stereocenters. The van der Waals surface area contributed by atoms with Crippen molar-refractivity contribution in [1.82, 2.24) is 25.5 Å². The number of likely N-dealkylation sites (N-methyl/N-ethyl adjacent to an activating group) is 1. The van der Waals surface area contributed by atoms with Gasteiger partial charge in [-0.3, -0.25) is 0 Å². The number of alkyl halides is 3. The van der Waals surface area contributed by atoms with Crippen LogP contribution in [-0.4, -0.2) is 39.5 Å². The molecule has 8 heteroatoms. The minimum absolute atomic E-state index is 0.00387. The van der Waals surface area contributed by atoms with E-state index in [0.717, 1.165) is 6.42 Å². The van der Waals surface area contributed by atoms with Crippen molar-refractivity contribution in [1.29, 1.82) is 0 Å². The van der Waals surface area contributed by atoms with E-state index < -0.39 is 12.1 Å². The first-order valence-electron chi connectivity index (χ1n) is 6.87. The van der Waals surface area contributed by atoms with Gasteiger partial charge in [-0.25, -0.2) is 0 Å². The molecule has 0 saturated heterocycles. The van der Waals surface area contributed by atoms with Crippen LogP contribution in [0.4, 0.5) is 13.2 Å². The topological polar surface area (TPSA) is 55.6 Å². The number of hydrogen-bond acceptors (Lipinski definition) is 4. The molecule has 2 rings (SSSR count). The molecule has 1 aliphatic rings. The van der Waals surface area contributed by atoms with Gasteiger partial charge in [0, 0.05) is 12.5 Å². The Hall–Kier alpha value is -1.18. The molecule has 1 aliphatic carbocycles. The number of aryl methyl sites for hydroxylation is 1. The standard InChI is InChI=1S/C12H20F3N5/c1-16-10(7-11-17-19-20(2)18-11)8-4-3-5-9(6-8)12(13,14)15/h8-10,16H,3-7H2,1-2H3. The third-order valence-corrected chi connectivity index (χ3v) is 4.07. The molecule has 1 heterocycles. The quantitative estimate of drug-likeness (QED) is 0.917. The molecule has 0 bridgehead atoms. The predicted octanol–water partition coefficient (Wildman–Crippen LogP) is 1.71. The maximum atomic E-state index is 12.9. The van der Waals surface area contributed by atoms with E-state index in [-0.39, 0.29) is 24.8 Å². The summed E-state index contributed by atoms with van der Waals surface area (Å²) in [6, 6.07) is -0.0376. The summed E-state index contributed by atoms with van der Waals surface area (Å²) in [6.07, 6.45) is -1.68. The van der Waals surface area contributed by atoms with Gasteiger partial charge in [0.1, 0.15) is 0 Å². The van der Waals surface area contributed by atoms with Gasteiger partial charge in [0.25, 0.3) is 0 Å². The number of aromatic nitrogens is 4. The molecule has 0 aromatic carbocycles. The first kappa shape index (κ1) is 15.2. The fourth-order valence-corrected chi connectivity index (χ4v) is 3.00. The van der Waals surface area contributed by atoms with Crippen LogP contribution < -0.4 is 5.32 Å².